The van der Waals surface area contributed by atoms with Crippen LogP contribution in [0.15, 0.2) is 20.7 Å². The molecule has 5 N–H and O–H groups in total. The number of H-pyrrole nitrogens is 2. The van der Waals surface area contributed by atoms with Gasteiger partial charge in [-0.05, 0) is 6.42 Å². The largest absolute Gasteiger partial charge is 0.480 e. The lowest BCUT2D eigenvalue weighted by molar-refractivity contribution is -0.142. The van der Waals surface area contributed by atoms with Crippen molar-refractivity contribution in [2.24, 2.45) is 5.73 Å². The maximum absolute atomic E-state index is 12.2. The van der Waals surface area contributed by atoms with Gasteiger partial charge in [-0.15, -0.1) is 0 Å². The summed E-state index contributed by atoms with van der Waals surface area (Å²) in [4.78, 5) is 36.5. The highest BCUT2D eigenvalue weighted by Crippen LogP contribution is 2.24. The molecule has 0 aliphatic carbocycles. The van der Waals surface area contributed by atoms with Crippen molar-refractivity contribution in [3.05, 3.63) is 27.0 Å². The van der Waals surface area contributed by atoms with E-state index in [0.29, 0.717) is 0 Å². The molecular formula is C9H12N4O6S. The van der Waals surface area contributed by atoms with Crippen molar-refractivity contribution in [2.45, 2.75) is 16.9 Å². The molecule has 110 valence electrons. The quantitative estimate of drug-likeness (QED) is 0.469. The number of nitrogens with one attached hydrogen (secondary N) is 2. The van der Waals surface area contributed by atoms with E-state index in [0.717, 1.165) is 10.5 Å². The molecule has 2 rings (SSSR count). The Kier molecular flexibility index (Phi) is 3.28. The van der Waals surface area contributed by atoms with Gasteiger partial charge in [0, 0.05) is 19.3 Å². The topological polar surface area (TPSA) is 166 Å². The van der Waals surface area contributed by atoms with Gasteiger partial charge in [-0.1, -0.05) is 0 Å². The second-order valence-electron chi connectivity index (χ2n) is 4.49. The van der Waals surface area contributed by atoms with Crippen molar-refractivity contribution in [3.8, 4) is 0 Å². The standard InChI is InChI=1S/C9H12N4O6S/c10-9(7(15)16)1-2-13(4-9)20(18,19)5-3-11-8(17)12-6(5)14/h3H,1-2,4,10H2,(H,15,16)(H2,11,12,14,17). The Morgan fingerprint density at radius 3 is 2.60 bits per heavy atom. The van der Waals surface area contributed by atoms with E-state index >= 15 is 0 Å². The fourth-order valence-electron chi connectivity index (χ4n) is 1.90. The molecule has 0 bridgehead atoms. The second kappa shape index (κ2) is 4.54. The average Bonchev–Trinajstić information content (AvgIpc) is 2.73. The highest BCUT2D eigenvalue weighted by Gasteiger charge is 2.46. The summed E-state index contributed by atoms with van der Waals surface area (Å²) in [6.45, 7) is -0.563. The van der Waals surface area contributed by atoms with Crippen LogP contribution in [0.25, 0.3) is 0 Å². The molecule has 10 nitrogen and oxygen atoms in total. The average molecular weight is 304 g/mol. The molecule has 0 spiro atoms. The summed E-state index contributed by atoms with van der Waals surface area (Å²) in [5, 5.41) is 8.96. The Morgan fingerprint density at radius 1 is 1.45 bits per heavy atom. The van der Waals surface area contributed by atoms with Crippen LogP contribution in [0.2, 0.25) is 0 Å². The summed E-state index contributed by atoms with van der Waals surface area (Å²) in [5.74, 6) is -1.31. The lowest BCUT2D eigenvalue weighted by atomic mass is 10.0. The monoisotopic (exact) mass is 304 g/mol. The van der Waals surface area contributed by atoms with Crippen molar-refractivity contribution in [3.63, 3.8) is 0 Å². The van der Waals surface area contributed by atoms with Crippen LogP contribution in [0.4, 0.5) is 0 Å². The highest BCUT2D eigenvalue weighted by atomic mass is 32.2. The number of aromatic nitrogens is 2. The summed E-state index contributed by atoms with van der Waals surface area (Å²) in [7, 11) is -4.21. The molecule has 0 aromatic carbocycles. The van der Waals surface area contributed by atoms with Gasteiger partial charge in [0.2, 0.25) is 10.0 Å². The van der Waals surface area contributed by atoms with E-state index < -0.39 is 44.2 Å². The molecule has 1 unspecified atom stereocenters. The van der Waals surface area contributed by atoms with Crippen LogP contribution in [0.3, 0.4) is 0 Å². The number of carbonyl (C=O) groups is 1. The summed E-state index contributed by atoms with van der Waals surface area (Å²) in [5.41, 5.74) is 1.99. The van der Waals surface area contributed by atoms with Gasteiger partial charge in [0.15, 0.2) is 4.90 Å². The van der Waals surface area contributed by atoms with Crippen LogP contribution < -0.4 is 17.0 Å². The van der Waals surface area contributed by atoms with Gasteiger partial charge < -0.3 is 15.8 Å². The predicted octanol–water partition coefficient (Wildman–Crippen LogP) is -2.76. The molecule has 1 fully saturated rings. The van der Waals surface area contributed by atoms with Crippen LogP contribution in [-0.4, -0.2) is 52.4 Å². The number of hydrogen-bond donors (Lipinski definition) is 4. The third-order valence-corrected chi connectivity index (χ3v) is 4.95. The molecule has 1 aliphatic rings. The van der Waals surface area contributed by atoms with Crippen LogP contribution in [0, 0.1) is 0 Å². The van der Waals surface area contributed by atoms with Gasteiger partial charge >= 0.3 is 11.7 Å². The molecule has 11 heteroatoms. The zero-order valence-corrected chi connectivity index (χ0v) is 10.9. The van der Waals surface area contributed by atoms with Crippen LogP contribution >= 0.6 is 0 Å². The molecule has 1 atom stereocenters. The van der Waals surface area contributed by atoms with Crippen LogP contribution in [-0.2, 0) is 14.8 Å². The van der Waals surface area contributed by atoms with Crippen molar-refractivity contribution in [2.75, 3.05) is 13.1 Å². The summed E-state index contributed by atoms with van der Waals surface area (Å²) >= 11 is 0. The lowest BCUT2D eigenvalue weighted by Gasteiger charge is -2.19. The third-order valence-electron chi connectivity index (χ3n) is 3.09. The fraction of sp³-hybridized carbons (Fsp3) is 0.444. The van der Waals surface area contributed by atoms with Gasteiger partial charge in [0.05, 0.1) is 0 Å². The molecule has 20 heavy (non-hydrogen) atoms. The van der Waals surface area contributed by atoms with E-state index in [1.165, 1.54) is 0 Å². The van der Waals surface area contributed by atoms with E-state index in [4.69, 9.17) is 10.8 Å². The van der Waals surface area contributed by atoms with Gasteiger partial charge in [0.25, 0.3) is 5.56 Å². The van der Waals surface area contributed by atoms with Crippen molar-refractivity contribution >= 4 is 16.0 Å². The maximum atomic E-state index is 12.2. The smallest absolute Gasteiger partial charge is 0.325 e. The number of carboxylic acid groups (broad SMARTS) is 1. The molecule has 0 amide bonds. The first-order valence-corrected chi connectivity index (χ1v) is 6.95. The number of nitrogens with two attached hydrogens (primary N) is 1. The minimum absolute atomic E-state index is 0.0666. The number of carboxylic acids is 1. The Morgan fingerprint density at radius 2 is 2.10 bits per heavy atom. The first kappa shape index (κ1) is 14.4. The van der Waals surface area contributed by atoms with Gasteiger partial charge in [-0.3, -0.25) is 14.6 Å². The van der Waals surface area contributed by atoms with E-state index in [2.05, 4.69) is 0 Å². The fourth-order valence-corrected chi connectivity index (χ4v) is 3.41. The Labute approximate surface area is 112 Å². The number of hydrogen-bond acceptors (Lipinski definition) is 6. The number of aliphatic carboxylic acids is 1. The minimum atomic E-state index is -4.21. The van der Waals surface area contributed by atoms with Crippen molar-refractivity contribution < 1.29 is 18.3 Å². The first-order chi connectivity index (χ1) is 9.17. The SMILES string of the molecule is NC1(C(=O)O)CCN(S(=O)(=O)c2c[nH]c(=O)[nH]c2=O)C1. The van der Waals surface area contributed by atoms with Crippen molar-refractivity contribution in [1.82, 2.24) is 14.3 Å². The van der Waals surface area contributed by atoms with E-state index in [9.17, 15) is 22.8 Å². The lowest BCUT2D eigenvalue weighted by Crippen LogP contribution is -2.50. The Bertz CT molecular complexity index is 765. The normalized spacial score (nSPS) is 23.9. The highest BCUT2D eigenvalue weighted by molar-refractivity contribution is 7.89. The Hall–Kier alpha value is -1.98. The van der Waals surface area contributed by atoms with E-state index in [-0.39, 0.29) is 13.0 Å². The molecule has 1 aliphatic heterocycles. The van der Waals surface area contributed by atoms with Crippen LogP contribution in [0.1, 0.15) is 6.42 Å². The van der Waals surface area contributed by atoms with Gasteiger partial charge in [-0.2, -0.15) is 4.31 Å². The van der Waals surface area contributed by atoms with Gasteiger partial charge in [-0.25, -0.2) is 13.2 Å². The Balaban J connectivity index is 2.40. The number of aromatic amines is 2. The zero-order chi connectivity index (χ0) is 15.1. The first-order valence-electron chi connectivity index (χ1n) is 5.51. The molecule has 1 aromatic rings. The zero-order valence-electron chi connectivity index (χ0n) is 10.1. The van der Waals surface area contributed by atoms with E-state index in [1.807, 2.05) is 4.98 Å². The summed E-state index contributed by atoms with van der Waals surface area (Å²) in [6, 6.07) is 0. The van der Waals surface area contributed by atoms with Gasteiger partial charge in [0.1, 0.15) is 5.54 Å². The van der Waals surface area contributed by atoms with E-state index in [1.54, 1.807) is 4.98 Å². The number of sulfonamides is 1. The molecule has 2 heterocycles. The maximum Gasteiger partial charge on any atom is 0.325 e. The predicted molar refractivity (Wildman–Crippen MR) is 65.6 cm³/mol. The molecule has 0 saturated carbocycles. The van der Waals surface area contributed by atoms with Crippen LogP contribution in [0.5, 0.6) is 0 Å². The second-order valence-corrected chi connectivity index (χ2v) is 6.39. The van der Waals surface area contributed by atoms with Crippen molar-refractivity contribution in [1.29, 1.82) is 0 Å². The minimum Gasteiger partial charge on any atom is -0.480 e. The third kappa shape index (κ3) is 2.26. The molecule has 0 radical (unpaired) electrons. The summed E-state index contributed by atoms with van der Waals surface area (Å²) in [6.07, 6.45) is 0.705. The summed E-state index contributed by atoms with van der Waals surface area (Å²) < 4.78 is 25.2. The molecule has 1 aromatic heterocycles. The molecule has 1 saturated heterocycles. The molecular weight excluding hydrogens is 292 g/mol. The number of nitrogens with zero attached hydrogens (tertiary/aromatic N) is 1. The number of rotatable bonds is 3.